The number of hydrogen-bond acceptors (Lipinski definition) is 3. The molecular weight excluding hydrogens is 228 g/mol. The molecule has 1 aromatic carbocycles. The second kappa shape index (κ2) is 5.43. The Morgan fingerprint density at radius 2 is 1.94 bits per heavy atom. The van der Waals surface area contributed by atoms with Gasteiger partial charge in [0.05, 0.1) is 5.01 Å². The van der Waals surface area contributed by atoms with Crippen LogP contribution in [0.25, 0.3) is 0 Å². The van der Waals surface area contributed by atoms with Gasteiger partial charge in [0.25, 0.3) is 0 Å². The molecule has 0 spiro atoms. The highest BCUT2D eigenvalue weighted by molar-refractivity contribution is 7.11. The number of thiazole rings is 1. The lowest BCUT2D eigenvalue weighted by molar-refractivity contribution is 0.601. The van der Waals surface area contributed by atoms with E-state index in [2.05, 4.69) is 41.5 Å². The largest absolute Gasteiger partial charge is 0.312 e. The number of rotatable bonds is 4. The minimum absolute atomic E-state index is 0.365. The molecule has 0 fully saturated rings. The van der Waals surface area contributed by atoms with Crippen LogP contribution >= 0.6 is 11.3 Å². The zero-order valence-corrected chi connectivity index (χ0v) is 11.3. The normalized spacial score (nSPS) is 12.6. The van der Waals surface area contributed by atoms with E-state index in [1.165, 1.54) is 16.0 Å². The number of benzene rings is 1. The molecule has 17 heavy (non-hydrogen) atoms. The smallest absolute Gasteiger partial charge is 0.0897 e. The van der Waals surface area contributed by atoms with Crippen LogP contribution in [0.3, 0.4) is 0 Å². The molecule has 1 N–H and O–H groups in total. The minimum Gasteiger partial charge on any atom is -0.312 e. The molecule has 0 saturated carbocycles. The predicted octanol–water partition coefficient (Wildman–Crippen LogP) is 3.26. The Hall–Kier alpha value is -1.19. The SMILES string of the molecule is CNC(Cc1ccc(C)cc1)c1cnc(C)s1. The molecule has 3 heteroatoms. The van der Waals surface area contributed by atoms with E-state index < -0.39 is 0 Å². The molecule has 0 aliphatic rings. The molecule has 90 valence electrons. The Labute approximate surface area is 107 Å². The number of aryl methyl sites for hydroxylation is 2. The van der Waals surface area contributed by atoms with Crippen molar-refractivity contribution < 1.29 is 0 Å². The quantitative estimate of drug-likeness (QED) is 0.895. The van der Waals surface area contributed by atoms with Crippen molar-refractivity contribution >= 4 is 11.3 Å². The van der Waals surface area contributed by atoms with Crippen molar-refractivity contribution in [3.05, 3.63) is 51.5 Å². The zero-order valence-electron chi connectivity index (χ0n) is 10.5. The van der Waals surface area contributed by atoms with Crippen molar-refractivity contribution in [2.45, 2.75) is 26.3 Å². The van der Waals surface area contributed by atoms with E-state index in [9.17, 15) is 0 Å². The Balaban J connectivity index is 2.12. The van der Waals surface area contributed by atoms with Gasteiger partial charge in [-0.1, -0.05) is 29.8 Å². The molecule has 2 aromatic rings. The molecule has 0 aliphatic carbocycles. The lowest BCUT2D eigenvalue weighted by Gasteiger charge is -2.14. The molecule has 1 heterocycles. The van der Waals surface area contributed by atoms with Gasteiger partial charge >= 0.3 is 0 Å². The van der Waals surface area contributed by atoms with Gasteiger partial charge in [-0.3, -0.25) is 0 Å². The number of aromatic nitrogens is 1. The first-order chi connectivity index (χ1) is 8.19. The zero-order chi connectivity index (χ0) is 12.3. The van der Waals surface area contributed by atoms with Crippen LogP contribution in [0.2, 0.25) is 0 Å². The molecule has 0 amide bonds. The minimum atomic E-state index is 0.365. The fourth-order valence-corrected chi connectivity index (χ4v) is 2.74. The second-order valence-corrected chi connectivity index (χ2v) is 5.58. The first-order valence-electron chi connectivity index (χ1n) is 5.84. The molecule has 1 aromatic heterocycles. The summed E-state index contributed by atoms with van der Waals surface area (Å²) >= 11 is 1.77. The van der Waals surface area contributed by atoms with Crippen LogP contribution in [-0.4, -0.2) is 12.0 Å². The van der Waals surface area contributed by atoms with Gasteiger partial charge in [-0.2, -0.15) is 0 Å². The van der Waals surface area contributed by atoms with Gasteiger partial charge in [0.15, 0.2) is 0 Å². The monoisotopic (exact) mass is 246 g/mol. The lowest BCUT2D eigenvalue weighted by atomic mass is 10.0. The first kappa shape index (κ1) is 12.3. The van der Waals surface area contributed by atoms with Crippen molar-refractivity contribution in [3.8, 4) is 0 Å². The average molecular weight is 246 g/mol. The van der Waals surface area contributed by atoms with E-state index in [1.54, 1.807) is 11.3 Å². The third-order valence-electron chi connectivity index (χ3n) is 2.89. The fraction of sp³-hybridized carbons (Fsp3) is 0.357. The summed E-state index contributed by atoms with van der Waals surface area (Å²) in [5, 5.41) is 4.49. The van der Waals surface area contributed by atoms with Crippen molar-refractivity contribution in [1.29, 1.82) is 0 Å². The Morgan fingerprint density at radius 1 is 1.24 bits per heavy atom. The number of hydrogen-bond donors (Lipinski definition) is 1. The van der Waals surface area contributed by atoms with Crippen LogP contribution in [0.5, 0.6) is 0 Å². The van der Waals surface area contributed by atoms with Crippen molar-refractivity contribution in [1.82, 2.24) is 10.3 Å². The third-order valence-corrected chi connectivity index (χ3v) is 3.92. The van der Waals surface area contributed by atoms with Crippen LogP contribution in [-0.2, 0) is 6.42 Å². The van der Waals surface area contributed by atoms with Gasteiger partial charge in [0.2, 0.25) is 0 Å². The topological polar surface area (TPSA) is 24.9 Å². The molecule has 0 radical (unpaired) electrons. The van der Waals surface area contributed by atoms with Crippen LogP contribution < -0.4 is 5.32 Å². The van der Waals surface area contributed by atoms with E-state index >= 15 is 0 Å². The lowest BCUT2D eigenvalue weighted by Crippen LogP contribution is -2.17. The highest BCUT2D eigenvalue weighted by Crippen LogP contribution is 2.23. The molecule has 2 nitrogen and oxygen atoms in total. The maximum Gasteiger partial charge on any atom is 0.0897 e. The number of nitrogens with one attached hydrogen (secondary N) is 1. The Kier molecular flexibility index (Phi) is 3.92. The van der Waals surface area contributed by atoms with E-state index in [-0.39, 0.29) is 0 Å². The van der Waals surface area contributed by atoms with Gasteiger partial charge in [-0.15, -0.1) is 11.3 Å². The summed E-state index contributed by atoms with van der Waals surface area (Å²) in [4.78, 5) is 5.63. The highest BCUT2D eigenvalue weighted by Gasteiger charge is 2.12. The molecule has 1 atom stereocenters. The second-order valence-electron chi connectivity index (χ2n) is 4.31. The van der Waals surface area contributed by atoms with Gasteiger partial charge < -0.3 is 5.32 Å². The van der Waals surface area contributed by atoms with Crippen LogP contribution in [0.4, 0.5) is 0 Å². The summed E-state index contributed by atoms with van der Waals surface area (Å²) in [5.74, 6) is 0. The summed E-state index contributed by atoms with van der Waals surface area (Å²) in [6.07, 6.45) is 2.99. The van der Waals surface area contributed by atoms with Crippen molar-refractivity contribution in [3.63, 3.8) is 0 Å². The summed E-state index contributed by atoms with van der Waals surface area (Å²) in [6.45, 7) is 4.17. The van der Waals surface area contributed by atoms with Gasteiger partial charge in [0.1, 0.15) is 0 Å². The number of nitrogens with zero attached hydrogens (tertiary/aromatic N) is 1. The highest BCUT2D eigenvalue weighted by atomic mass is 32.1. The molecule has 0 saturated heterocycles. The predicted molar refractivity (Wildman–Crippen MR) is 73.5 cm³/mol. The van der Waals surface area contributed by atoms with Gasteiger partial charge in [-0.25, -0.2) is 4.98 Å². The van der Waals surface area contributed by atoms with Crippen molar-refractivity contribution in [2.24, 2.45) is 0 Å². The summed E-state index contributed by atoms with van der Waals surface area (Å²) in [6, 6.07) is 9.10. The molecule has 2 rings (SSSR count). The molecule has 0 aliphatic heterocycles. The fourth-order valence-electron chi connectivity index (χ4n) is 1.84. The van der Waals surface area contributed by atoms with E-state index in [0.717, 1.165) is 11.4 Å². The van der Waals surface area contributed by atoms with Crippen molar-refractivity contribution in [2.75, 3.05) is 7.05 Å². The summed E-state index contributed by atoms with van der Waals surface area (Å²) in [5.41, 5.74) is 2.67. The maximum atomic E-state index is 4.32. The van der Waals surface area contributed by atoms with E-state index in [1.807, 2.05) is 20.2 Å². The summed E-state index contributed by atoms with van der Waals surface area (Å²) in [7, 11) is 2.01. The average Bonchev–Trinajstić information content (AvgIpc) is 2.75. The third kappa shape index (κ3) is 3.14. The first-order valence-corrected chi connectivity index (χ1v) is 6.66. The standard InChI is InChI=1S/C14H18N2S/c1-10-4-6-12(7-5-10)8-13(15-3)14-9-16-11(2)17-14/h4-7,9,13,15H,8H2,1-3H3. The van der Waals surface area contributed by atoms with Crippen LogP contribution in [0.15, 0.2) is 30.5 Å². The van der Waals surface area contributed by atoms with E-state index in [0.29, 0.717) is 6.04 Å². The summed E-state index contributed by atoms with van der Waals surface area (Å²) < 4.78 is 0. The Morgan fingerprint density at radius 3 is 2.47 bits per heavy atom. The molecule has 0 bridgehead atoms. The Bertz CT molecular complexity index is 473. The molecular formula is C14H18N2S. The van der Waals surface area contributed by atoms with Crippen LogP contribution in [0.1, 0.15) is 27.1 Å². The van der Waals surface area contributed by atoms with Gasteiger partial charge in [0, 0.05) is 17.1 Å². The van der Waals surface area contributed by atoms with Crippen LogP contribution in [0, 0.1) is 13.8 Å². The number of likely N-dealkylation sites (N-methyl/N-ethyl adjacent to an activating group) is 1. The molecule has 1 unspecified atom stereocenters. The van der Waals surface area contributed by atoms with E-state index in [4.69, 9.17) is 0 Å². The van der Waals surface area contributed by atoms with Gasteiger partial charge in [-0.05, 0) is 32.9 Å². The maximum absolute atomic E-state index is 4.32.